The van der Waals surface area contributed by atoms with E-state index in [0.717, 1.165) is 45.7 Å². The first-order valence-corrected chi connectivity index (χ1v) is 7.36. The lowest BCUT2D eigenvalue weighted by molar-refractivity contribution is 0.179. The number of nitrogens with one attached hydrogen (secondary N) is 1. The molecule has 1 N–H and O–H groups in total. The molecule has 0 radical (unpaired) electrons. The summed E-state index contributed by atoms with van der Waals surface area (Å²) in [6, 6.07) is 2.20. The molecule has 5 heteroatoms. The summed E-state index contributed by atoms with van der Waals surface area (Å²) < 4.78 is 5.31. The first-order valence-electron chi connectivity index (χ1n) is 6.48. The van der Waals surface area contributed by atoms with Crippen molar-refractivity contribution in [3.8, 4) is 0 Å². The van der Waals surface area contributed by atoms with Gasteiger partial charge in [-0.25, -0.2) is 4.79 Å². The number of nitrogens with zero attached hydrogens (tertiary/aromatic N) is 1. The van der Waals surface area contributed by atoms with Crippen LogP contribution < -0.4 is 5.32 Å². The van der Waals surface area contributed by atoms with Gasteiger partial charge >= 0.3 is 6.03 Å². The maximum atomic E-state index is 12.1. The Hall–Kier alpha value is -1.07. The van der Waals surface area contributed by atoms with Crippen LogP contribution in [0.5, 0.6) is 0 Å². The van der Waals surface area contributed by atoms with Gasteiger partial charge in [-0.05, 0) is 29.9 Å². The first kappa shape index (κ1) is 12.0. The van der Waals surface area contributed by atoms with Crippen LogP contribution in [0.25, 0.3) is 0 Å². The highest BCUT2D eigenvalue weighted by atomic mass is 32.1. The smallest absolute Gasteiger partial charge is 0.317 e. The Morgan fingerprint density at radius 3 is 3.39 bits per heavy atom. The topological polar surface area (TPSA) is 41.6 Å². The van der Waals surface area contributed by atoms with Crippen molar-refractivity contribution in [1.82, 2.24) is 10.2 Å². The Morgan fingerprint density at radius 1 is 1.61 bits per heavy atom. The van der Waals surface area contributed by atoms with Gasteiger partial charge in [0, 0.05) is 37.0 Å². The highest BCUT2D eigenvalue weighted by Gasteiger charge is 2.22. The lowest BCUT2D eigenvalue weighted by atomic mass is 10.1. The minimum absolute atomic E-state index is 0.0683. The molecule has 1 fully saturated rings. The summed E-state index contributed by atoms with van der Waals surface area (Å²) in [5.74, 6) is 0.496. The van der Waals surface area contributed by atoms with Crippen LogP contribution >= 0.6 is 11.3 Å². The van der Waals surface area contributed by atoms with E-state index in [1.54, 1.807) is 11.3 Å². The fourth-order valence-electron chi connectivity index (χ4n) is 2.51. The Balaban J connectivity index is 1.51. The number of urea groups is 1. The van der Waals surface area contributed by atoms with E-state index in [1.165, 1.54) is 10.4 Å². The van der Waals surface area contributed by atoms with Gasteiger partial charge in [0.25, 0.3) is 0 Å². The average molecular weight is 266 g/mol. The standard InChI is InChI=1S/C13H18N2O2S/c16-13(14-7-10-2-5-17-9-10)15-4-1-12-11(8-15)3-6-18-12/h3,6,10H,1-2,4-5,7-9H2,(H,14,16)/t10-/m0/s1. The van der Waals surface area contributed by atoms with Gasteiger partial charge in [0.15, 0.2) is 0 Å². The molecule has 4 nitrogen and oxygen atoms in total. The van der Waals surface area contributed by atoms with Gasteiger partial charge in [-0.2, -0.15) is 0 Å². The maximum Gasteiger partial charge on any atom is 0.317 e. The lowest BCUT2D eigenvalue weighted by Crippen LogP contribution is -2.44. The van der Waals surface area contributed by atoms with E-state index in [1.807, 2.05) is 4.90 Å². The SMILES string of the molecule is O=C(NC[C@@H]1CCOC1)N1CCc2sccc2C1. The van der Waals surface area contributed by atoms with Crippen molar-refractivity contribution in [2.24, 2.45) is 5.92 Å². The molecule has 1 aromatic heterocycles. The van der Waals surface area contributed by atoms with Gasteiger partial charge in [-0.1, -0.05) is 0 Å². The van der Waals surface area contributed by atoms with Crippen molar-refractivity contribution in [1.29, 1.82) is 0 Å². The number of hydrogen-bond donors (Lipinski definition) is 1. The Morgan fingerprint density at radius 2 is 2.56 bits per heavy atom. The zero-order chi connectivity index (χ0) is 12.4. The van der Waals surface area contributed by atoms with Crippen molar-refractivity contribution in [3.63, 3.8) is 0 Å². The van der Waals surface area contributed by atoms with E-state index in [0.29, 0.717) is 5.92 Å². The predicted octanol–water partition coefficient (Wildman–Crippen LogP) is 1.85. The van der Waals surface area contributed by atoms with Crippen LogP contribution in [0.3, 0.4) is 0 Å². The number of hydrogen-bond acceptors (Lipinski definition) is 3. The summed E-state index contributed by atoms with van der Waals surface area (Å²) in [7, 11) is 0. The molecule has 0 saturated carbocycles. The van der Waals surface area contributed by atoms with E-state index in [2.05, 4.69) is 16.8 Å². The van der Waals surface area contributed by atoms with Crippen LogP contribution in [0.2, 0.25) is 0 Å². The molecule has 1 saturated heterocycles. The van der Waals surface area contributed by atoms with Crippen molar-refractivity contribution >= 4 is 17.4 Å². The molecule has 18 heavy (non-hydrogen) atoms. The summed E-state index contributed by atoms with van der Waals surface area (Å²) >= 11 is 1.80. The largest absolute Gasteiger partial charge is 0.381 e. The molecule has 0 spiro atoms. The number of thiophene rings is 1. The minimum Gasteiger partial charge on any atom is -0.381 e. The summed E-state index contributed by atoms with van der Waals surface area (Å²) in [4.78, 5) is 15.4. The van der Waals surface area contributed by atoms with Gasteiger partial charge in [0.1, 0.15) is 0 Å². The Labute approximate surface area is 111 Å². The van der Waals surface area contributed by atoms with E-state index in [4.69, 9.17) is 4.74 Å². The third-order valence-electron chi connectivity index (χ3n) is 3.66. The van der Waals surface area contributed by atoms with Crippen LogP contribution in [0, 0.1) is 5.92 Å². The van der Waals surface area contributed by atoms with Gasteiger partial charge < -0.3 is 15.0 Å². The molecule has 1 aromatic rings. The highest BCUT2D eigenvalue weighted by molar-refractivity contribution is 7.10. The molecule has 2 aliphatic rings. The van der Waals surface area contributed by atoms with Crippen molar-refractivity contribution in [2.45, 2.75) is 19.4 Å². The van der Waals surface area contributed by atoms with Gasteiger partial charge in [0.05, 0.1) is 6.61 Å². The molecule has 3 heterocycles. The third kappa shape index (κ3) is 2.52. The molecule has 1 atom stereocenters. The van der Waals surface area contributed by atoms with Crippen molar-refractivity contribution < 1.29 is 9.53 Å². The van der Waals surface area contributed by atoms with E-state index >= 15 is 0 Å². The Bertz CT molecular complexity index is 426. The van der Waals surface area contributed by atoms with Crippen LogP contribution in [0.15, 0.2) is 11.4 Å². The number of carbonyl (C=O) groups is 1. The number of fused-ring (bicyclic) bond motifs is 1. The van der Waals surface area contributed by atoms with E-state index < -0.39 is 0 Å². The molecule has 3 rings (SSSR count). The lowest BCUT2D eigenvalue weighted by Gasteiger charge is -2.27. The number of carbonyl (C=O) groups excluding carboxylic acids is 1. The molecular weight excluding hydrogens is 248 g/mol. The van der Waals surface area contributed by atoms with Crippen LogP contribution in [-0.2, 0) is 17.7 Å². The van der Waals surface area contributed by atoms with E-state index in [-0.39, 0.29) is 6.03 Å². The fourth-order valence-corrected chi connectivity index (χ4v) is 3.40. The zero-order valence-electron chi connectivity index (χ0n) is 10.4. The molecular formula is C13H18N2O2S. The number of ether oxygens (including phenoxy) is 1. The third-order valence-corrected chi connectivity index (χ3v) is 4.68. The monoisotopic (exact) mass is 266 g/mol. The minimum atomic E-state index is 0.0683. The highest BCUT2D eigenvalue weighted by Crippen LogP contribution is 2.23. The Kier molecular flexibility index (Phi) is 3.52. The van der Waals surface area contributed by atoms with Gasteiger partial charge in [0.2, 0.25) is 0 Å². The molecule has 0 bridgehead atoms. The van der Waals surface area contributed by atoms with Gasteiger partial charge in [-0.15, -0.1) is 11.3 Å². The first-order chi connectivity index (χ1) is 8.83. The molecule has 0 unspecified atom stereocenters. The summed E-state index contributed by atoms with van der Waals surface area (Å²) in [6.45, 7) is 3.95. The van der Waals surface area contributed by atoms with Crippen LogP contribution in [-0.4, -0.2) is 37.2 Å². The second-order valence-electron chi connectivity index (χ2n) is 4.96. The molecule has 0 aromatic carbocycles. The normalized spacial score (nSPS) is 22.9. The van der Waals surface area contributed by atoms with E-state index in [9.17, 15) is 4.79 Å². The average Bonchev–Trinajstić information content (AvgIpc) is 3.05. The van der Waals surface area contributed by atoms with Crippen LogP contribution in [0.4, 0.5) is 4.79 Å². The fraction of sp³-hybridized carbons (Fsp3) is 0.615. The summed E-state index contributed by atoms with van der Waals surface area (Å²) in [5.41, 5.74) is 1.31. The molecule has 0 aliphatic carbocycles. The zero-order valence-corrected chi connectivity index (χ0v) is 11.2. The maximum absolute atomic E-state index is 12.1. The number of rotatable bonds is 2. The van der Waals surface area contributed by atoms with Crippen LogP contribution in [0.1, 0.15) is 16.9 Å². The van der Waals surface area contributed by atoms with Crippen molar-refractivity contribution in [2.75, 3.05) is 26.3 Å². The molecule has 2 amide bonds. The second-order valence-corrected chi connectivity index (χ2v) is 5.96. The van der Waals surface area contributed by atoms with Crippen molar-refractivity contribution in [3.05, 3.63) is 21.9 Å². The molecule has 98 valence electrons. The van der Waals surface area contributed by atoms with Gasteiger partial charge in [-0.3, -0.25) is 0 Å². The quantitative estimate of drug-likeness (QED) is 0.887. The second kappa shape index (κ2) is 5.28. The predicted molar refractivity (Wildman–Crippen MR) is 70.8 cm³/mol. The summed E-state index contributed by atoms with van der Waals surface area (Å²) in [6.07, 6.45) is 2.06. The molecule has 2 aliphatic heterocycles. The summed E-state index contributed by atoms with van der Waals surface area (Å²) in [5, 5.41) is 5.14. The number of amides is 2.